The summed E-state index contributed by atoms with van der Waals surface area (Å²) in [5.41, 5.74) is -0.233. The minimum Gasteiger partial charge on any atom is -0.444 e. The molecule has 1 rings (SSSR count). The number of methoxy groups -OCH3 is 1. The fraction of sp³-hybridized carbons (Fsp3) is 0.455. The molecular formula is C11H15NO5S. The summed E-state index contributed by atoms with van der Waals surface area (Å²) in [6, 6.07) is 1.60. The fourth-order valence-corrected chi connectivity index (χ4v) is 1.69. The number of ether oxygens (including phenoxy) is 3. The molecule has 1 amide bonds. The van der Waals surface area contributed by atoms with Crippen LogP contribution < -0.4 is 10.1 Å². The summed E-state index contributed by atoms with van der Waals surface area (Å²) in [4.78, 5) is 22.5. The summed E-state index contributed by atoms with van der Waals surface area (Å²) < 4.78 is 14.3. The second kappa shape index (κ2) is 5.72. The summed E-state index contributed by atoms with van der Waals surface area (Å²) in [6.45, 7) is 5.27. The van der Waals surface area contributed by atoms with E-state index in [2.05, 4.69) is 10.1 Å². The lowest BCUT2D eigenvalue weighted by atomic mass is 10.2. The van der Waals surface area contributed by atoms with Crippen molar-refractivity contribution < 1.29 is 23.8 Å². The summed E-state index contributed by atoms with van der Waals surface area (Å²) >= 11 is 1.16. The van der Waals surface area contributed by atoms with E-state index < -0.39 is 17.8 Å². The topological polar surface area (TPSA) is 73.9 Å². The van der Waals surface area contributed by atoms with Gasteiger partial charge in [0.1, 0.15) is 5.60 Å². The largest absolute Gasteiger partial charge is 0.514 e. The minimum atomic E-state index is -0.843. The van der Waals surface area contributed by atoms with E-state index >= 15 is 0 Å². The van der Waals surface area contributed by atoms with Crippen molar-refractivity contribution >= 4 is 29.3 Å². The Balaban J connectivity index is 2.65. The fourth-order valence-electron chi connectivity index (χ4n) is 0.998. The lowest BCUT2D eigenvalue weighted by molar-refractivity contribution is 0.0634. The average molecular weight is 273 g/mol. The molecular weight excluding hydrogens is 258 g/mol. The predicted molar refractivity (Wildman–Crippen MR) is 67.2 cm³/mol. The zero-order valence-electron chi connectivity index (χ0n) is 10.6. The second-order valence-electron chi connectivity index (χ2n) is 4.30. The van der Waals surface area contributed by atoms with Gasteiger partial charge < -0.3 is 14.2 Å². The molecule has 1 aromatic rings. The summed E-state index contributed by atoms with van der Waals surface area (Å²) in [7, 11) is 1.21. The molecule has 6 nitrogen and oxygen atoms in total. The molecule has 0 saturated heterocycles. The van der Waals surface area contributed by atoms with Crippen LogP contribution in [-0.2, 0) is 9.47 Å². The lowest BCUT2D eigenvalue weighted by Crippen LogP contribution is -2.27. The molecule has 7 heteroatoms. The molecule has 0 fully saturated rings. The summed E-state index contributed by atoms with van der Waals surface area (Å²) in [6.07, 6.45) is -1.46. The Morgan fingerprint density at radius 2 is 2.00 bits per heavy atom. The van der Waals surface area contributed by atoms with Gasteiger partial charge in [-0.1, -0.05) is 0 Å². The molecule has 0 aliphatic rings. The highest BCUT2D eigenvalue weighted by molar-refractivity contribution is 7.12. The van der Waals surface area contributed by atoms with Crippen molar-refractivity contribution in [2.24, 2.45) is 0 Å². The number of carbonyl (C=O) groups is 2. The Bertz CT molecular complexity index is 435. The maximum absolute atomic E-state index is 11.5. The molecule has 0 atom stereocenters. The van der Waals surface area contributed by atoms with Gasteiger partial charge in [-0.3, -0.25) is 5.32 Å². The van der Waals surface area contributed by atoms with Crippen molar-refractivity contribution in [3.63, 3.8) is 0 Å². The van der Waals surface area contributed by atoms with Crippen LogP contribution in [0.2, 0.25) is 0 Å². The maximum atomic E-state index is 11.5. The van der Waals surface area contributed by atoms with Gasteiger partial charge in [-0.15, -0.1) is 11.3 Å². The van der Waals surface area contributed by atoms with Gasteiger partial charge in [0.05, 0.1) is 12.8 Å². The number of hydrogen-bond donors (Lipinski definition) is 1. The molecule has 0 aliphatic carbocycles. The Morgan fingerprint density at radius 1 is 1.33 bits per heavy atom. The molecule has 0 unspecified atom stereocenters. The van der Waals surface area contributed by atoms with Crippen LogP contribution in [0.1, 0.15) is 20.8 Å². The number of amides is 1. The first-order valence-corrected chi connectivity index (χ1v) is 6.03. The van der Waals surface area contributed by atoms with Crippen molar-refractivity contribution in [3.05, 3.63) is 11.4 Å². The Hall–Kier alpha value is -1.76. The molecule has 1 N–H and O–H groups in total. The smallest absolute Gasteiger partial charge is 0.444 e. The van der Waals surface area contributed by atoms with Gasteiger partial charge in [0.25, 0.3) is 0 Å². The number of thiophene rings is 1. The molecule has 0 aliphatic heterocycles. The molecule has 0 radical (unpaired) electrons. The molecule has 0 saturated carbocycles. The highest BCUT2D eigenvalue weighted by Gasteiger charge is 2.19. The van der Waals surface area contributed by atoms with Crippen molar-refractivity contribution in [3.8, 4) is 5.06 Å². The van der Waals surface area contributed by atoms with Crippen LogP contribution in [0, 0.1) is 0 Å². The molecule has 100 valence electrons. The van der Waals surface area contributed by atoms with Crippen LogP contribution in [0.5, 0.6) is 5.06 Å². The zero-order valence-corrected chi connectivity index (χ0v) is 11.4. The average Bonchev–Trinajstić information content (AvgIpc) is 2.62. The van der Waals surface area contributed by atoms with Gasteiger partial charge in [-0.2, -0.15) is 0 Å². The first-order valence-electron chi connectivity index (χ1n) is 5.15. The third-order valence-corrected chi connectivity index (χ3v) is 2.40. The minimum absolute atomic E-state index is 0.243. The molecule has 0 bridgehead atoms. The monoisotopic (exact) mass is 273 g/mol. The molecule has 1 aromatic heterocycles. The van der Waals surface area contributed by atoms with Gasteiger partial charge in [-0.25, -0.2) is 9.59 Å². The summed E-state index contributed by atoms with van der Waals surface area (Å²) in [5.74, 6) is 0. The second-order valence-corrected chi connectivity index (χ2v) is 5.18. The molecule has 0 spiro atoms. The van der Waals surface area contributed by atoms with E-state index in [1.165, 1.54) is 7.11 Å². The van der Waals surface area contributed by atoms with E-state index in [1.54, 1.807) is 32.2 Å². The van der Waals surface area contributed by atoms with Crippen molar-refractivity contribution in [2.45, 2.75) is 26.4 Å². The van der Waals surface area contributed by atoms with Crippen LogP contribution >= 0.6 is 11.3 Å². The van der Waals surface area contributed by atoms with E-state index in [0.717, 1.165) is 11.3 Å². The van der Waals surface area contributed by atoms with E-state index in [-0.39, 0.29) is 5.06 Å². The number of rotatable bonds is 2. The van der Waals surface area contributed by atoms with Crippen LogP contribution in [-0.4, -0.2) is 25.0 Å². The normalized spacial score (nSPS) is 10.7. The third-order valence-electron chi connectivity index (χ3n) is 1.61. The van der Waals surface area contributed by atoms with Crippen LogP contribution in [0.4, 0.5) is 15.3 Å². The van der Waals surface area contributed by atoms with Gasteiger partial charge in [0, 0.05) is 0 Å². The number of nitrogens with one attached hydrogen (secondary N) is 1. The summed E-state index contributed by atoms with van der Waals surface area (Å²) in [5, 5.41) is 4.41. The first kappa shape index (κ1) is 14.3. The third kappa shape index (κ3) is 4.62. The predicted octanol–water partition coefficient (Wildman–Crippen LogP) is 3.24. The zero-order chi connectivity index (χ0) is 13.8. The highest BCUT2D eigenvalue weighted by Crippen LogP contribution is 2.31. The number of anilines is 1. The van der Waals surface area contributed by atoms with Crippen LogP contribution in [0.3, 0.4) is 0 Å². The quantitative estimate of drug-likeness (QED) is 0.837. The van der Waals surface area contributed by atoms with Crippen molar-refractivity contribution in [1.82, 2.24) is 0 Å². The standard InChI is InChI=1S/C11H15NO5S/c1-11(2,3)17-9(13)12-7-5-6-18-8(7)16-10(14)15-4/h5-6H,1-4H3,(H,12,13). The van der Waals surface area contributed by atoms with Crippen molar-refractivity contribution in [1.29, 1.82) is 0 Å². The van der Waals surface area contributed by atoms with E-state index in [0.29, 0.717) is 5.69 Å². The number of hydrogen-bond acceptors (Lipinski definition) is 6. The maximum Gasteiger partial charge on any atom is 0.514 e. The van der Waals surface area contributed by atoms with E-state index in [9.17, 15) is 9.59 Å². The Labute approximate surface area is 109 Å². The Morgan fingerprint density at radius 3 is 2.56 bits per heavy atom. The van der Waals surface area contributed by atoms with Gasteiger partial charge in [-0.05, 0) is 32.2 Å². The Kier molecular flexibility index (Phi) is 4.55. The SMILES string of the molecule is COC(=O)Oc1sccc1NC(=O)OC(C)(C)C. The molecule has 18 heavy (non-hydrogen) atoms. The van der Waals surface area contributed by atoms with Crippen LogP contribution in [0.25, 0.3) is 0 Å². The first-order chi connectivity index (χ1) is 8.31. The van der Waals surface area contributed by atoms with Gasteiger partial charge >= 0.3 is 12.2 Å². The van der Waals surface area contributed by atoms with Crippen LogP contribution in [0.15, 0.2) is 11.4 Å². The highest BCUT2D eigenvalue weighted by atomic mass is 32.1. The lowest BCUT2D eigenvalue weighted by Gasteiger charge is -2.19. The van der Waals surface area contributed by atoms with E-state index in [4.69, 9.17) is 9.47 Å². The van der Waals surface area contributed by atoms with Crippen molar-refractivity contribution in [2.75, 3.05) is 12.4 Å². The molecule has 1 heterocycles. The van der Waals surface area contributed by atoms with Gasteiger partial charge in [0.15, 0.2) is 0 Å². The molecule has 0 aromatic carbocycles. The van der Waals surface area contributed by atoms with Gasteiger partial charge in [0.2, 0.25) is 5.06 Å². The van der Waals surface area contributed by atoms with E-state index in [1.807, 2.05) is 0 Å². The number of carbonyl (C=O) groups excluding carboxylic acids is 2.